The fraction of sp³-hybridized carbons (Fsp3) is 0.529. The second-order valence-electron chi connectivity index (χ2n) is 14.4. The van der Waals surface area contributed by atoms with Gasteiger partial charge < -0.3 is 15.6 Å². The van der Waals surface area contributed by atoms with E-state index in [1.807, 2.05) is 27.7 Å². The van der Waals surface area contributed by atoms with Crippen molar-refractivity contribution in [1.82, 2.24) is 13.9 Å². The van der Waals surface area contributed by atoms with Crippen LogP contribution in [0.3, 0.4) is 0 Å². The van der Waals surface area contributed by atoms with Crippen molar-refractivity contribution in [3.8, 4) is 0 Å². The molecule has 5 rings (SSSR count). The number of carbonyl (C=O) groups is 2. The van der Waals surface area contributed by atoms with Crippen LogP contribution in [0.15, 0.2) is 56.5 Å². The molecule has 3 aliphatic rings. The monoisotopic (exact) mass is 731 g/mol. The molecule has 50 heavy (non-hydrogen) atoms. The van der Waals surface area contributed by atoms with E-state index in [-0.39, 0.29) is 67.1 Å². The molecule has 1 amide bonds. The smallest absolute Gasteiger partial charge is 0.434 e. The maximum Gasteiger partial charge on any atom is 0.434 e. The Kier molecular flexibility index (Phi) is 10.8. The van der Waals surface area contributed by atoms with Gasteiger partial charge in [-0.3, -0.25) is 4.84 Å². The van der Waals surface area contributed by atoms with Crippen molar-refractivity contribution in [2.24, 2.45) is 39.9 Å². The largest absolute Gasteiger partial charge is 0.480 e. The zero-order valence-electron chi connectivity index (χ0n) is 29.0. The van der Waals surface area contributed by atoms with Crippen LogP contribution in [0.4, 0.5) is 4.79 Å². The summed E-state index contributed by atoms with van der Waals surface area (Å²) in [5.41, 5.74) is 0.627. The average molecular weight is 732 g/mol. The Balaban J connectivity index is 1.62. The summed E-state index contributed by atoms with van der Waals surface area (Å²) in [5, 5.41) is 29.7. The van der Waals surface area contributed by atoms with Crippen molar-refractivity contribution >= 4 is 43.5 Å². The van der Waals surface area contributed by atoms with Gasteiger partial charge >= 0.3 is 12.1 Å². The fourth-order valence-corrected chi connectivity index (χ4v) is 10.7. The standard InChI is InChI=1S/C34H45N5O9S2/c1-19(2)30(33(40)41)35-34(42)48-37-32-26-9-7-24(49(44,45)38-15-20(3)11-21(4)16-38)13-28(26)31(36-43)29-14-25(8-10-27(29)32)50(46,47)39-17-22(5)12-23(6)18-39/h7-10,13-14,19-23,30,43H,11-12,15-18H2,1-6H3,(H,35,42)(H,40,41)/t20-,21+,22-,23+,30-/m0/s1. The summed E-state index contributed by atoms with van der Waals surface area (Å²) < 4.78 is 58.5. The molecule has 0 bridgehead atoms. The lowest BCUT2D eigenvalue weighted by molar-refractivity contribution is -0.140. The summed E-state index contributed by atoms with van der Waals surface area (Å²) in [6.07, 6.45) is 0.641. The number of hydrogen-bond donors (Lipinski definition) is 3. The first-order valence-corrected chi connectivity index (χ1v) is 19.6. The molecule has 2 aromatic rings. The molecule has 14 nitrogen and oxygen atoms in total. The summed E-state index contributed by atoms with van der Waals surface area (Å²) in [5.74, 6) is -1.13. The van der Waals surface area contributed by atoms with Gasteiger partial charge in [0.2, 0.25) is 20.0 Å². The third kappa shape index (κ3) is 7.43. The maximum atomic E-state index is 13.9. The molecule has 0 radical (unpaired) electrons. The van der Waals surface area contributed by atoms with Gasteiger partial charge in [-0.1, -0.05) is 64.0 Å². The van der Waals surface area contributed by atoms with Crippen molar-refractivity contribution in [2.75, 3.05) is 26.2 Å². The van der Waals surface area contributed by atoms with E-state index < -0.39 is 44.1 Å². The fourth-order valence-electron chi connectivity index (χ4n) is 7.32. The Morgan fingerprint density at radius 2 is 1.18 bits per heavy atom. The van der Waals surface area contributed by atoms with Gasteiger partial charge in [0.15, 0.2) is 0 Å². The SMILES string of the molecule is CC(C)[C@H](NC(=O)ON=C1c2ccc(S(=O)(=O)N3C[C@H](C)C[C@H](C)C3)cc2C(=NO)c2cc(S(=O)(=O)N3C[C@H](C)C[C@H](C)C3)ccc21)C(=O)O. The predicted octanol–water partition coefficient (Wildman–Crippen LogP) is 4.15. The third-order valence-corrected chi connectivity index (χ3v) is 13.1. The first-order valence-electron chi connectivity index (χ1n) is 16.7. The molecule has 0 unspecified atom stereocenters. The lowest BCUT2D eigenvalue weighted by Crippen LogP contribution is -2.44. The van der Waals surface area contributed by atoms with Crippen LogP contribution in [0.5, 0.6) is 0 Å². The number of sulfonamides is 2. The van der Waals surface area contributed by atoms with Crippen molar-refractivity contribution in [3.63, 3.8) is 0 Å². The summed E-state index contributed by atoms with van der Waals surface area (Å²) >= 11 is 0. The molecule has 2 heterocycles. The Morgan fingerprint density at radius 1 is 0.760 bits per heavy atom. The number of aliphatic carboxylic acids is 1. The van der Waals surface area contributed by atoms with Gasteiger partial charge in [-0.15, -0.1) is 0 Å². The van der Waals surface area contributed by atoms with Crippen molar-refractivity contribution in [3.05, 3.63) is 58.7 Å². The van der Waals surface area contributed by atoms with E-state index in [0.29, 0.717) is 26.2 Å². The molecule has 2 saturated heterocycles. The number of oxime groups is 2. The number of amides is 1. The molecule has 2 fully saturated rings. The second-order valence-corrected chi connectivity index (χ2v) is 18.3. The van der Waals surface area contributed by atoms with E-state index in [4.69, 9.17) is 4.84 Å². The highest BCUT2D eigenvalue weighted by Crippen LogP contribution is 2.35. The molecule has 16 heteroatoms. The number of nitrogens with one attached hydrogen (secondary N) is 1. The Bertz CT molecular complexity index is 1810. The minimum atomic E-state index is -4.00. The van der Waals surface area contributed by atoms with Gasteiger partial charge in [0.25, 0.3) is 0 Å². The van der Waals surface area contributed by atoms with Crippen LogP contribution < -0.4 is 5.32 Å². The summed E-state index contributed by atoms with van der Waals surface area (Å²) in [4.78, 5) is 29.4. The molecule has 0 aromatic heterocycles. The third-order valence-electron chi connectivity index (χ3n) is 9.47. The number of hydrogen-bond acceptors (Lipinski definition) is 10. The van der Waals surface area contributed by atoms with Crippen molar-refractivity contribution in [2.45, 2.75) is 70.2 Å². The van der Waals surface area contributed by atoms with Crippen LogP contribution in [-0.2, 0) is 29.7 Å². The van der Waals surface area contributed by atoms with E-state index >= 15 is 0 Å². The van der Waals surface area contributed by atoms with Crippen LogP contribution in [0.1, 0.15) is 76.6 Å². The molecule has 5 atom stereocenters. The van der Waals surface area contributed by atoms with E-state index in [0.717, 1.165) is 12.8 Å². The van der Waals surface area contributed by atoms with Crippen LogP contribution in [0, 0.1) is 29.6 Å². The summed E-state index contributed by atoms with van der Waals surface area (Å²) in [6.45, 7) is 12.6. The van der Waals surface area contributed by atoms with Crippen LogP contribution in [-0.4, -0.2) is 91.5 Å². The number of carboxylic acids is 1. The highest BCUT2D eigenvalue weighted by atomic mass is 32.2. The lowest BCUT2D eigenvalue weighted by Gasteiger charge is -2.34. The molecular weight excluding hydrogens is 687 g/mol. The van der Waals surface area contributed by atoms with Crippen LogP contribution in [0.2, 0.25) is 0 Å². The Morgan fingerprint density at radius 3 is 1.54 bits per heavy atom. The van der Waals surface area contributed by atoms with Gasteiger partial charge in [-0.2, -0.15) is 8.61 Å². The van der Waals surface area contributed by atoms with E-state index in [1.165, 1.54) is 45.0 Å². The summed E-state index contributed by atoms with van der Waals surface area (Å²) in [6, 6.07) is 7.13. The van der Waals surface area contributed by atoms with Crippen molar-refractivity contribution in [1.29, 1.82) is 0 Å². The number of nitrogens with zero attached hydrogens (tertiary/aromatic N) is 4. The molecule has 1 aliphatic carbocycles. The first-order chi connectivity index (χ1) is 23.4. The quantitative estimate of drug-likeness (QED) is 0.173. The second kappa shape index (κ2) is 14.4. The van der Waals surface area contributed by atoms with Crippen LogP contribution in [0.25, 0.3) is 0 Å². The first kappa shape index (κ1) is 37.4. The number of carbonyl (C=O) groups excluding carboxylic acids is 1. The molecule has 0 saturated carbocycles. The van der Waals surface area contributed by atoms with Gasteiger partial charge in [-0.05, 0) is 66.7 Å². The highest BCUT2D eigenvalue weighted by molar-refractivity contribution is 7.89. The topological polar surface area (TPSA) is 195 Å². The van der Waals surface area contributed by atoms with E-state index in [9.17, 15) is 36.7 Å². The van der Waals surface area contributed by atoms with E-state index in [1.54, 1.807) is 13.8 Å². The van der Waals surface area contributed by atoms with Crippen LogP contribution >= 0.6 is 0 Å². The molecule has 2 aromatic carbocycles. The van der Waals surface area contributed by atoms with Gasteiger partial charge in [-0.25, -0.2) is 26.4 Å². The molecular formula is C34H45N5O9S2. The zero-order chi connectivity index (χ0) is 36.7. The number of piperidine rings is 2. The molecule has 2 aliphatic heterocycles. The molecule has 0 spiro atoms. The Hall–Kier alpha value is -3.86. The van der Waals surface area contributed by atoms with Crippen molar-refractivity contribution < 1.29 is 41.6 Å². The van der Waals surface area contributed by atoms with E-state index in [2.05, 4.69) is 15.6 Å². The van der Waals surface area contributed by atoms with Gasteiger partial charge in [0, 0.05) is 48.4 Å². The molecule has 272 valence electrons. The average Bonchev–Trinajstić information content (AvgIpc) is 3.03. The molecule has 3 N–H and O–H groups in total. The number of benzene rings is 2. The predicted molar refractivity (Wildman–Crippen MR) is 185 cm³/mol. The minimum absolute atomic E-state index is 0.0160. The number of fused-ring (bicyclic) bond motifs is 2. The minimum Gasteiger partial charge on any atom is -0.480 e. The van der Waals surface area contributed by atoms with Gasteiger partial charge in [0.1, 0.15) is 17.5 Å². The van der Waals surface area contributed by atoms with Gasteiger partial charge in [0.05, 0.1) is 9.79 Å². The number of rotatable bonds is 8. The lowest BCUT2D eigenvalue weighted by atomic mass is 9.83. The zero-order valence-corrected chi connectivity index (χ0v) is 30.7. The number of carboxylic acid groups (broad SMARTS) is 1. The normalized spacial score (nSPS) is 23.8. The Labute approximate surface area is 293 Å². The highest BCUT2D eigenvalue weighted by Gasteiger charge is 2.37. The summed E-state index contributed by atoms with van der Waals surface area (Å²) in [7, 11) is -7.99. The maximum absolute atomic E-state index is 13.9.